The second kappa shape index (κ2) is 9.34. The average molecular weight is 478 g/mol. The molecule has 0 radical (unpaired) electrons. The first kappa shape index (κ1) is 24.7. The minimum Gasteiger partial charge on any atom is -0.486 e. The Morgan fingerprint density at radius 1 is 1.06 bits per heavy atom. The molecule has 35 heavy (non-hydrogen) atoms. The fourth-order valence-corrected chi connectivity index (χ4v) is 4.52. The van der Waals surface area contributed by atoms with Crippen molar-refractivity contribution in [3.63, 3.8) is 0 Å². The minimum absolute atomic E-state index is 0.221. The zero-order valence-electron chi connectivity index (χ0n) is 21.3. The number of esters is 1. The number of rotatable bonds is 4. The third kappa shape index (κ3) is 4.89. The van der Waals surface area contributed by atoms with Crippen LogP contribution in [0.2, 0.25) is 0 Å². The molecular formula is C29H32FNO4. The monoisotopic (exact) mass is 477 g/mol. The molecule has 0 unspecified atom stereocenters. The Hall–Kier alpha value is -3.38. The number of methoxy groups -OCH3 is 1. The highest BCUT2D eigenvalue weighted by Crippen LogP contribution is 2.49. The molecule has 3 aromatic carbocycles. The average Bonchev–Trinajstić information content (AvgIpc) is 2.99. The van der Waals surface area contributed by atoms with Gasteiger partial charge in [0.05, 0.1) is 18.4 Å². The Kier molecular flexibility index (Phi) is 6.60. The van der Waals surface area contributed by atoms with Gasteiger partial charge in [-0.3, -0.25) is 0 Å². The van der Waals surface area contributed by atoms with Gasteiger partial charge in [-0.25, -0.2) is 9.18 Å². The van der Waals surface area contributed by atoms with Crippen LogP contribution in [0.3, 0.4) is 0 Å². The second-order valence-electron chi connectivity index (χ2n) is 9.96. The van der Waals surface area contributed by atoms with E-state index >= 15 is 0 Å². The summed E-state index contributed by atoms with van der Waals surface area (Å²) in [7, 11) is 1.37. The molecule has 1 aliphatic rings. The van der Waals surface area contributed by atoms with E-state index in [4.69, 9.17) is 14.2 Å². The number of benzene rings is 3. The van der Waals surface area contributed by atoms with Gasteiger partial charge in [0.15, 0.2) is 6.10 Å². The molecule has 0 amide bonds. The number of hydrogen-bond donors (Lipinski definition) is 1. The molecule has 1 atom stereocenters. The standard InChI is InChI=1S/C29H32FNO4/c1-16-8-10-19(11-9-16)23-18(3)26-25(31-22-13-12-21(30)14-20(22)15-34-26)17(2)24(23)27(28(32)33-7)35-29(4,5)6/h8-14,27,31H,15H2,1-7H3/t27-/m0/s1. The molecule has 1 heterocycles. The number of anilines is 2. The molecule has 6 heteroatoms. The van der Waals surface area contributed by atoms with Gasteiger partial charge in [-0.05, 0) is 76.4 Å². The number of carbonyl (C=O) groups is 1. The van der Waals surface area contributed by atoms with E-state index < -0.39 is 17.7 Å². The van der Waals surface area contributed by atoms with Gasteiger partial charge in [-0.1, -0.05) is 29.8 Å². The van der Waals surface area contributed by atoms with Crippen molar-refractivity contribution in [1.29, 1.82) is 0 Å². The molecule has 0 saturated heterocycles. The summed E-state index contributed by atoms with van der Waals surface area (Å²) in [6, 6.07) is 12.7. The lowest BCUT2D eigenvalue weighted by molar-refractivity contribution is -0.164. The molecular weight excluding hydrogens is 445 g/mol. The molecule has 0 fully saturated rings. The summed E-state index contributed by atoms with van der Waals surface area (Å²) in [5, 5.41) is 3.44. The maximum Gasteiger partial charge on any atom is 0.339 e. The van der Waals surface area contributed by atoms with Crippen molar-refractivity contribution in [3.8, 4) is 16.9 Å². The SMILES string of the molecule is COC(=O)[C@@H](OC(C)(C)C)c1c(C)c2c(c(C)c1-c1ccc(C)cc1)OCc1cc(F)ccc1N2. The van der Waals surface area contributed by atoms with Gasteiger partial charge in [-0.15, -0.1) is 0 Å². The molecule has 0 saturated carbocycles. The smallest absolute Gasteiger partial charge is 0.339 e. The van der Waals surface area contributed by atoms with Gasteiger partial charge in [0.2, 0.25) is 0 Å². The number of carbonyl (C=O) groups excluding carboxylic acids is 1. The summed E-state index contributed by atoms with van der Waals surface area (Å²) in [4.78, 5) is 13.1. The molecule has 4 rings (SSSR count). The molecule has 5 nitrogen and oxygen atoms in total. The van der Waals surface area contributed by atoms with Gasteiger partial charge in [0.1, 0.15) is 18.2 Å². The maximum absolute atomic E-state index is 13.9. The highest BCUT2D eigenvalue weighted by atomic mass is 19.1. The summed E-state index contributed by atoms with van der Waals surface area (Å²) in [5.41, 5.74) is 6.90. The predicted octanol–water partition coefficient (Wildman–Crippen LogP) is 7.08. The molecule has 0 bridgehead atoms. The molecule has 0 spiro atoms. The normalized spacial score (nSPS) is 13.6. The Balaban J connectivity index is 2.03. The van der Waals surface area contributed by atoms with E-state index in [1.54, 1.807) is 6.07 Å². The van der Waals surface area contributed by atoms with Crippen LogP contribution in [0.4, 0.5) is 15.8 Å². The van der Waals surface area contributed by atoms with Crippen molar-refractivity contribution in [3.05, 3.63) is 76.1 Å². The lowest BCUT2D eigenvalue weighted by Crippen LogP contribution is -2.29. The molecule has 3 aromatic rings. The van der Waals surface area contributed by atoms with Gasteiger partial charge in [0, 0.05) is 22.4 Å². The van der Waals surface area contributed by atoms with Crippen LogP contribution >= 0.6 is 0 Å². The Morgan fingerprint density at radius 3 is 2.37 bits per heavy atom. The number of fused-ring (bicyclic) bond motifs is 2. The first-order valence-electron chi connectivity index (χ1n) is 11.7. The number of aryl methyl sites for hydroxylation is 1. The van der Waals surface area contributed by atoms with E-state index in [2.05, 4.69) is 5.32 Å². The van der Waals surface area contributed by atoms with Crippen molar-refractivity contribution in [2.75, 3.05) is 12.4 Å². The van der Waals surface area contributed by atoms with Crippen LogP contribution in [-0.4, -0.2) is 18.7 Å². The topological polar surface area (TPSA) is 56.8 Å². The summed E-state index contributed by atoms with van der Waals surface area (Å²) < 4.78 is 31.7. The molecule has 1 aliphatic heterocycles. The van der Waals surface area contributed by atoms with Crippen LogP contribution in [0.1, 0.15) is 54.7 Å². The predicted molar refractivity (Wildman–Crippen MR) is 136 cm³/mol. The third-order valence-electron chi connectivity index (χ3n) is 6.18. The van der Waals surface area contributed by atoms with Crippen molar-refractivity contribution in [2.45, 2.75) is 59.9 Å². The van der Waals surface area contributed by atoms with E-state index in [9.17, 15) is 9.18 Å². The van der Waals surface area contributed by atoms with Gasteiger partial charge in [0.25, 0.3) is 0 Å². The lowest BCUT2D eigenvalue weighted by atomic mass is 9.86. The first-order chi connectivity index (χ1) is 16.5. The van der Waals surface area contributed by atoms with Crippen molar-refractivity contribution in [1.82, 2.24) is 0 Å². The Morgan fingerprint density at radius 2 is 1.74 bits per heavy atom. The minimum atomic E-state index is -0.960. The van der Waals surface area contributed by atoms with Gasteiger partial charge < -0.3 is 19.5 Å². The fourth-order valence-electron chi connectivity index (χ4n) is 4.52. The van der Waals surface area contributed by atoms with E-state index in [1.807, 2.05) is 65.8 Å². The van der Waals surface area contributed by atoms with Crippen LogP contribution in [0.15, 0.2) is 42.5 Å². The van der Waals surface area contributed by atoms with Gasteiger partial charge in [-0.2, -0.15) is 0 Å². The van der Waals surface area contributed by atoms with Crippen LogP contribution in [-0.2, 0) is 20.9 Å². The molecule has 0 aromatic heterocycles. The van der Waals surface area contributed by atoms with Crippen LogP contribution in [0, 0.1) is 26.6 Å². The highest BCUT2D eigenvalue weighted by molar-refractivity contribution is 5.90. The molecule has 0 aliphatic carbocycles. The fraction of sp³-hybridized carbons (Fsp3) is 0.345. The highest BCUT2D eigenvalue weighted by Gasteiger charge is 2.35. The van der Waals surface area contributed by atoms with E-state index in [0.29, 0.717) is 16.9 Å². The van der Waals surface area contributed by atoms with Crippen molar-refractivity contribution < 1.29 is 23.4 Å². The van der Waals surface area contributed by atoms with E-state index in [0.717, 1.165) is 39.2 Å². The second-order valence-corrected chi connectivity index (χ2v) is 9.96. The van der Waals surface area contributed by atoms with E-state index in [-0.39, 0.29) is 12.4 Å². The number of halogens is 1. The van der Waals surface area contributed by atoms with E-state index in [1.165, 1.54) is 19.2 Å². The first-order valence-corrected chi connectivity index (χ1v) is 11.7. The lowest BCUT2D eigenvalue weighted by Gasteiger charge is -2.31. The molecule has 1 N–H and O–H groups in total. The van der Waals surface area contributed by atoms with Crippen LogP contribution in [0.5, 0.6) is 5.75 Å². The number of ether oxygens (including phenoxy) is 3. The van der Waals surface area contributed by atoms with Gasteiger partial charge >= 0.3 is 5.97 Å². The Bertz CT molecular complexity index is 1280. The number of hydrogen-bond acceptors (Lipinski definition) is 5. The zero-order chi connectivity index (χ0) is 25.5. The molecule has 184 valence electrons. The van der Waals surface area contributed by atoms with Crippen LogP contribution < -0.4 is 10.1 Å². The maximum atomic E-state index is 13.9. The Labute approximate surface area is 206 Å². The van der Waals surface area contributed by atoms with Crippen molar-refractivity contribution in [2.24, 2.45) is 0 Å². The quantitative estimate of drug-likeness (QED) is 0.407. The third-order valence-corrected chi connectivity index (χ3v) is 6.18. The zero-order valence-corrected chi connectivity index (χ0v) is 21.3. The van der Waals surface area contributed by atoms with Crippen molar-refractivity contribution >= 4 is 17.3 Å². The summed E-state index contributed by atoms with van der Waals surface area (Å²) >= 11 is 0. The largest absolute Gasteiger partial charge is 0.486 e. The summed E-state index contributed by atoms with van der Waals surface area (Å²) in [6.45, 7) is 11.9. The summed E-state index contributed by atoms with van der Waals surface area (Å²) in [6.07, 6.45) is -0.960. The number of nitrogens with one attached hydrogen (secondary N) is 1. The summed E-state index contributed by atoms with van der Waals surface area (Å²) in [5.74, 6) is -0.135. The van der Waals surface area contributed by atoms with Crippen LogP contribution in [0.25, 0.3) is 11.1 Å².